The summed E-state index contributed by atoms with van der Waals surface area (Å²) >= 11 is 1.32. The van der Waals surface area contributed by atoms with Crippen LogP contribution in [0.1, 0.15) is 23.1 Å². The third-order valence-electron chi connectivity index (χ3n) is 3.99. The van der Waals surface area contributed by atoms with E-state index in [4.69, 9.17) is 4.74 Å². The predicted molar refractivity (Wildman–Crippen MR) is 97.8 cm³/mol. The van der Waals surface area contributed by atoms with Gasteiger partial charge in [0.05, 0.1) is 13.3 Å². The number of aromatic nitrogens is 1. The molecule has 5 nitrogen and oxygen atoms in total. The van der Waals surface area contributed by atoms with Crippen LogP contribution in [0.3, 0.4) is 0 Å². The Kier molecular flexibility index (Phi) is 4.85. The highest BCUT2D eigenvalue weighted by molar-refractivity contribution is 7.17. The smallest absolute Gasteiger partial charge is 0.323 e. The van der Waals surface area contributed by atoms with Gasteiger partial charge in [-0.2, -0.15) is 0 Å². The molecule has 2 aromatic rings. The van der Waals surface area contributed by atoms with Crippen molar-refractivity contribution in [3.8, 4) is 5.06 Å². The molecule has 0 spiro atoms. The number of thiazole rings is 1. The summed E-state index contributed by atoms with van der Waals surface area (Å²) in [5, 5.41) is 4.06. The van der Waals surface area contributed by atoms with Gasteiger partial charge in [0.1, 0.15) is 0 Å². The summed E-state index contributed by atoms with van der Waals surface area (Å²) < 4.78 is 5.09. The first kappa shape index (κ1) is 16.5. The second-order valence-corrected chi connectivity index (χ2v) is 6.91. The lowest BCUT2D eigenvalue weighted by atomic mass is 9.96. The molecule has 1 aromatic heterocycles. The molecule has 0 atom stereocenters. The number of methoxy groups -OCH3 is 1. The van der Waals surface area contributed by atoms with Gasteiger partial charge >= 0.3 is 6.03 Å². The third kappa shape index (κ3) is 3.76. The number of carbonyl (C=O) groups is 1. The van der Waals surface area contributed by atoms with Crippen molar-refractivity contribution in [3.63, 3.8) is 0 Å². The summed E-state index contributed by atoms with van der Waals surface area (Å²) in [4.78, 5) is 18.2. The SMILES string of the molecule is COc1cnc(NC(=O)N2CC=C(c3cc(C)cc(C)c3)CC2)s1. The average Bonchev–Trinajstić information content (AvgIpc) is 3.01. The molecule has 0 fully saturated rings. The summed E-state index contributed by atoms with van der Waals surface area (Å²) in [7, 11) is 1.59. The zero-order valence-electron chi connectivity index (χ0n) is 14.1. The normalized spacial score (nSPS) is 14.3. The second-order valence-electron chi connectivity index (χ2n) is 5.92. The van der Waals surface area contributed by atoms with E-state index in [-0.39, 0.29) is 6.03 Å². The van der Waals surface area contributed by atoms with Crippen molar-refractivity contribution < 1.29 is 9.53 Å². The maximum absolute atomic E-state index is 12.3. The molecule has 1 aliphatic rings. The molecular weight excluding hydrogens is 322 g/mol. The second kappa shape index (κ2) is 7.05. The number of urea groups is 1. The van der Waals surface area contributed by atoms with Crippen LogP contribution in [0, 0.1) is 13.8 Å². The number of ether oxygens (including phenoxy) is 1. The molecule has 24 heavy (non-hydrogen) atoms. The van der Waals surface area contributed by atoms with Crippen LogP contribution in [-0.4, -0.2) is 36.1 Å². The summed E-state index contributed by atoms with van der Waals surface area (Å²) in [6, 6.07) is 6.46. The van der Waals surface area contributed by atoms with Gasteiger partial charge in [-0.1, -0.05) is 46.7 Å². The number of anilines is 1. The van der Waals surface area contributed by atoms with Gasteiger partial charge in [0.2, 0.25) is 0 Å². The fourth-order valence-corrected chi connectivity index (χ4v) is 3.48. The number of carbonyl (C=O) groups excluding carboxylic acids is 1. The van der Waals surface area contributed by atoms with Gasteiger partial charge in [-0.15, -0.1) is 0 Å². The Balaban J connectivity index is 1.64. The largest absolute Gasteiger partial charge is 0.486 e. The van der Waals surface area contributed by atoms with Crippen molar-refractivity contribution in [2.45, 2.75) is 20.3 Å². The average molecular weight is 343 g/mol. The molecule has 2 heterocycles. The van der Waals surface area contributed by atoms with Crippen LogP contribution in [-0.2, 0) is 0 Å². The number of nitrogens with zero attached hydrogens (tertiary/aromatic N) is 2. The lowest BCUT2D eigenvalue weighted by Gasteiger charge is -2.26. The lowest BCUT2D eigenvalue weighted by molar-refractivity contribution is 0.217. The molecule has 0 aliphatic carbocycles. The van der Waals surface area contributed by atoms with Gasteiger partial charge in [0, 0.05) is 13.1 Å². The van der Waals surface area contributed by atoms with Crippen molar-refractivity contribution >= 4 is 28.1 Å². The summed E-state index contributed by atoms with van der Waals surface area (Å²) in [6.07, 6.45) is 4.60. The third-order valence-corrected chi connectivity index (χ3v) is 4.86. The van der Waals surface area contributed by atoms with Crippen LogP contribution in [0.2, 0.25) is 0 Å². The van der Waals surface area contributed by atoms with E-state index in [1.54, 1.807) is 18.2 Å². The molecule has 126 valence electrons. The van der Waals surface area contributed by atoms with Crippen molar-refractivity contribution in [1.82, 2.24) is 9.88 Å². The monoisotopic (exact) mass is 343 g/mol. The van der Waals surface area contributed by atoms with E-state index in [0.29, 0.717) is 23.3 Å². The van der Waals surface area contributed by atoms with Gasteiger partial charge < -0.3 is 9.64 Å². The van der Waals surface area contributed by atoms with Crippen molar-refractivity contribution in [2.24, 2.45) is 0 Å². The molecule has 1 N–H and O–H groups in total. The molecular formula is C18H21N3O2S. The predicted octanol–water partition coefficient (Wildman–Crippen LogP) is 4.09. The van der Waals surface area contributed by atoms with Crippen LogP contribution in [0.25, 0.3) is 5.57 Å². The Labute approximate surface area is 146 Å². The molecule has 0 saturated heterocycles. The molecule has 0 saturated carbocycles. The number of aryl methyl sites for hydroxylation is 2. The minimum absolute atomic E-state index is 0.122. The summed E-state index contributed by atoms with van der Waals surface area (Å²) in [5.74, 6) is 0. The molecule has 0 radical (unpaired) electrons. The minimum Gasteiger partial charge on any atom is -0.486 e. The van der Waals surface area contributed by atoms with E-state index in [1.165, 1.54) is 33.6 Å². The van der Waals surface area contributed by atoms with Crippen molar-refractivity contribution in [3.05, 3.63) is 47.2 Å². The van der Waals surface area contributed by atoms with Crippen LogP contribution in [0.4, 0.5) is 9.93 Å². The number of benzene rings is 1. The van der Waals surface area contributed by atoms with Crippen LogP contribution < -0.4 is 10.1 Å². The quantitative estimate of drug-likeness (QED) is 0.913. The molecule has 6 heteroatoms. The first-order valence-corrected chi connectivity index (χ1v) is 8.70. The van der Waals surface area contributed by atoms with Gasteiger partial charge in [-0.25, -0.2) is 9.78 Å². The molecule has 0 unspecified atom stereocenters. The first-order valence-electron chi connectivity index (χ1n) is 7.88. The summed E-state index contributed by atoms with van der Waals surface area (Å²) in [6.45, 7) is 5.54. The number of hydrogen-bond donors (Lipinski definition) is 1. The van der Waals surface area contributed by atoms with E-state index in [9.17, 15) is 4.79 Å². The van der Waals surface area contributed by atoms with Crippen LogP contribution >= 0.6 is 11.3 Å². The lowest BCUT2D eigenvalue weighted by Crippen LogP contribution is -2.37. The Bertz CT molecular complexity index is 762. The van der Waals surface area contributed by atoms with E-state index >= 15 is 0 Å². The van der Waals surface area contributed by atoms with Gasteiger partial charge in [-0.05, 0) is 31.4 Å². The van der Waals surface area contributed by atoms with Crippen LogP contribution in [0.5, 0.6) is 5.06 Å². The molecule has 2 amide bonds. The van der Waals surface area contributed by atoms with Gasteiger partial charge in [0.15, 0.2) is 10.2 Å². The molecule has 1 aromatic carbocycles. The van der Waals surface area contributed by atoms with Crippen LogP contribution in [0.15, 0.2) is 30.5 Å². The fraction of sp³-hybridized carbons (Fsp3) is 0.333. The highest BCUT2D eigenvalue weighted by Crippen LogP contribution is 2.27. The van der Waals surface area contributed by atoms with E-state index < -0.39 is 0 Å². The van der Waals surface area contributed by atoms with E-state index in [1.807, 2.05) is 0 Å². The molecule has 0 bridgehead atoms. The Hall–Kier alpha value is -2.34. The topological polar surface area (TPSA) is 54.5 Å². The highest BCUT2D eigenvalue weighted by Gasteiger charge is 2.19. The Morgan fingerprint density at radius 3 is 2.62 bits per heavy atom. The standard InChI is InChI=1S/C18H21N3O2S/c1-12-8-13(2)10-15(9-12)14-4-6-21(7-5-14)18(22)20-17-19-11-16(23-3)24-17/h4,8-11H,5-7H2,1-3H3,(H,19,20,22). The number of rotatable bonds is 3. The molecule has 1 aliphatic heterocycles. The zero-order chi connectivity index (χ0) is 17.1. The maximum Gasteiger partial charge on any atom is 0.323 e. The Morgan fingerprint density at radius 2 is 2.04 bits per heavy atom. The number of amides is 2. The van der Waals surface area contributed by atoms with Crippen molar-refractivity contribution in [2.75, 3.05) is 25.5 Å². The number of nitrogens with one attached hydrogen (secondary N) is 1. The number of hydrogen-bond acceptors (Lipinski definition) is 4. The van der Waals surface area contributed by atoms with E-state index in [0.717, 1.165) is 6.42 Å². The van der Waals surface area contributed by atoms with Crippen molar-refractivity contribution in [1.29, 1.82) is 0 Å². The van der Waals surface area contributed by atoms with Gasteiger partial charge in [-0.3, -0.25) is 5.32 Å². The Morgan fingerprint density at radius 1 is 1.29 bits per heavy atom. The zero-order valence-corrected chi connectivity index (χ0v) is 14.9. The highest BCUT2D eigenvalue weighted by atomic mass is 32.1. The molecule has 3 rings (SSSR count). The first-order chi connectivity index (χ1) is 11.5. The van der Waals surface area contributed by atoms with Gasteiger partial charge in [0.25, 0.3) is 0 Å². The maximum atomic E-state index is 12.3. The minimum atomic E-state index is -0.122. The fourth-order valence-electron chi connectivity index (χ4n) is 2.86. The van der Waals surface area contributed by atoms with E-state index in [2.05, 4.69) is 48.4 Å². The summed E-state index contributed by atoms with van der Waals surface area (Å²) in [5.41, 5.74) is 5.10.